The molecule has 1 aliphatic rings. The molecule has 3 aromatic rings. The summed E-state index contributed by atoms with van der Waals surface area (Å²) in [6.07, 6.45) is 0. The Balaban J connectivity index is 1.71. The largest absolute Gasteiger partial charge is 0.359 e. The fourth-order valence-electron chi connectivity index (χ4n) is 4.00. The van der Waals surface area contributed by atoms with Crippen molar-refractivity contribution >= 4 is 23.6 Å². The number of carbonyl (C=O) groups excluding carboxylic acids is 2. The van der Waals surface area contributed by atoms with Gasteiger partial charge in [-0.2, -0.15) is 4.98 Å². The predicted octanol–water partition coefficient (Wildman–Crippen LogP) is 3.59. The average molecular weight is 459 g/mol. The molecule has 1 aliphatic heterocycles. The third kappa shape index (κ3) is 5.17. The zero-order chi connectivity index (χ0) is 24.1. The maximum Gasteiger partial charge on any atom is 0.273 e. The van der Waals surface area contributed by atoms with Crippen LogP contribution in [0.2, 0.25) is 0 Å². The van der Waals surface area contributed by atoms with Crippen molar-refractivity contribution in [3.63, 3.8) is 0 Å². The maximum atomic E-state index is 13.1. The summed E-state index contributed by atoms with van der Waals surface area (Å²) in [5, 5.41) is 9.48. The molecular formula is C26H30N6O2. The van der Waals surface area contributed by atoms with Crippen molar-refractivity contribution in [3.8, 4) is 0 Å². The third-order valence-corrected chi connectivity index (χ3v) is 5.75. The first-order valence-electron chi connectivity index (χ1n) is 11.5. The zero-order valence-corrected chi connectivity index (χ0v) is 19.7. The van der Waals surface area contributed by atoms with E-state index in [1.54, 1.807) is 4.90 Å². The topological polar surface area (TPSA) is 99.2 Å². The minimum absolute atomic E-state index is 0.0461. The number of hydrogen-bond acceptors (Lipinski definition) is 6. The molecule has 8 nitrogen and oxygen atoms in total. The van der Waals surface area contributed by atoms with E-state index in [4.69, 9.17) is 4.98 Å². The van der Waals surface area contributed by atoms with Gasteiger partial charge >= 0.3 is 0 Å². The van der Waals surface area contributed by atoms with Crippen molar-refractivity contribution in [3.05, 3.63) is 83.0 Å². The van der Waals surface area contributed by atoms with Crippen molar-refractivity contribution in [1.29, 1.82) is 0 Å². The minimum atomic E-state index is -0.156. The maximum absolute atomic E-state index is 13.1. The Morgan fingerprint density at radius 1 is 0.971 bits per heavy atom. The van der Waals surface area contributed by atoms with Gasteiger partial charge in [0.1, 0.15) is 11.5 Å². The van der Waals surface area contributed by atoms with E-state index in [0.29, 0.717) is 37.1 Å². The van der Waals surface area contributed by atoms with Crippen LogP contribution in [0.25, 0.3) is 0 Å². The van der Waals surface area contributed by atoms with Crippen molar-refractivity contribution < 1.29 is 9.59 Å². The second kappa shape index (κ2) is 10.3. The van der Waals surface area contributed by atoms with Gasteiger partial charge in [0, 0.05) is 31.6 Å². The third-order valence-electron chi connectivity index (χ3n) is 5.75. The molecule has 2 amide bonds. The van der Waals surface area contributed by atoms with Gasteiger partial charge in [0.25, 0.3) is 5.91 Å². The number of aromatic nitrogens is 2. The van der Waals surface area contributed by atoms with Crippen LogP contribution in [0.1, 0.15) is 54.0 Å². The van der Waals surface area contributed by atoms with Gasteiger partial charge in [0.05, 0.1) is 12.6 Å². The van der Waals surface area contributed by atoms with Crippen molar-refractivity contribution in [1.82, 2.24) is 20.2 Å². The van der Waals surface area contributed by atoms with Gasteiger partial charge in [-0.1, -0.05) is 60.7 Å². The fraction of sp³-hybridized carbons (Fsp3) is 0.308. The van der Waals surface area contributed by atoms with E-state index in [1.165, 1.54) is 6.92 Å². The Morgan fingerprint density at radius 2 is 1.59 bits per heavy atom. The number of fused-ring (bicyclic) bond motifs is 1. The molecule has 0 spiro atoms. The lowest BCUT2D eigenvalue weighted by atomic mass is 9.98. The van der Waals surface area contributed by atoms with E-state index in [-0.39, 0.29) is 23.9 Å². The van der Waals surface area contributed by atoms with Crippen LogP contribution in [0.5, 0.6) is 0 Å². The van der Waals surface area contributed by atoms with E-state index in [1.807, 2.05) is 50.2 Å². The molecule has 0 radical (unpaired) electrons. The van der Waals surface area contributed by atoms with Crippen molar-refractivity contribution in [2.24, 2.45) is 0 Å². The van der Waals surface area contributed by atoms with Crippen LogP contribution in [0.3, 0.4) is 0 Å². The summed E-state index contributed by atoms with van der Waals surface area (Å²) in [6.45, 7) is 6.79. The van der Waals surface area contributed by atoms with E-state index < -0.39 is 0 Å². The van der Waals surface area contributed by atoms with Crippen LogP contribution < -0.4 is 16.0 Å². The van der Waals surface area contributed by atoms with Crippen LogP contribution in [-0.4, -0.2) is 45.8 Å². The highest BCUT2D eigenvalue weighted by Gasteiger charge is 2.34. The van der Waals surface area contributed by atoms with Crippen LogP contribution >= 0.6 is 0 Å². The average Bonchev–Trinajstić information content (AvgIpc) is 3.18. The van der Waals surface area contributed by atoms with Crippen LogP contribution in [0.15, 0.2) is 60.7 Å². The van der Waals surface area contributed by atoms with E-state index in [2.05, 4.69) is 45.2 Å². The zero-order valence-electron chi connectivity index (χ0n) is 19.7. The Morgan fingerprint density at radius 3 is 2.15 bits per heavy atom. The predicted molar refractivity (Wildman–Crippen MR) is 133 cm³/mol. The van der Waals surface area contributed by atoms with Crippen LogP contribution in [-0.2, 0) is 11.3 Å². The highest BCUT2D eigenvalue weighted by Crippen LogP contribution is 2.33. The number of hydrogen-bond donors (Lipinski definition) is 3. The molecule has 1 aromatic heterocycles. The Bertz CT molecular complexity index is 1110. The summed E-state index contributed by atoms with van der Waals surface area (Å²) in [6, 6.07) is 20.2. The number of benzene rings is 2. The van der Waals surface area contributed by atoms with Gasteiger partial charge in [-0.3, -0.25) is 9.59 Å². The second-order valence-electron chi connectivity index (χ2n) is 8.56. The highest BCUT2D eigenvalue weighted by molar-refractivity contribution is 5.98. The van der Waals surface area contributed by atoms with E-state index in [9.17, 15) is 9.59 Å². The van der Waals surface area contributed by atoms with Crippen LogP contribution in [0.4, 0.5) is 11.8 Å². The minimum Gasteiger partial charge on any atom is -0.359 e. The Hall–Kier alpha value is -3.94. The second-order valence-corrected chi connectivity index (χ2v) is 8.56. The van der Waals surface area contributed by atoms with Gasteiger partial charge in [0.2, 0.25) is 11.9 Å². The smallest absolute Gasteiger partial charge is 0.273 e. The molecule has 2 aromatic carbocycles. The summed E-state index contributed by atoms with van der Waals surface area (Å²) in [5.41, 5.74) is 3.38. The molecule has 0 fully saturated rings. The molecule has 0 unspecified atom stereocenters. The van der Waals surface area contributed by atoms with Gasteiger partial charge in [0.15, 0.2) is 0 Å². The van der Waals surface area contributed by atoms with E-state index >= 15 is 0 Å². The van der Waals surface area contributed by atoms with Gasteiger partial charge in [-0.25, -0.2) is 4.98 Å². The first kappa shape index (κ1) is 23.2. The molecule has 0 bridgehead atoms. The number of rotatable bonds is 9. The van der Waals surface area contributed by atoms with Crippen LogP contribution in [0, 0.1) is 0 Å². The summed E-state index contributed by atoms with van der Waals surface area (Å²) < 4.78 is 0. The number of nitrogens with zero attached hydrogens (tertiary/aromatic N) is 3. The molecule has 0 atom stereocenters. The van der Waals surface area contributed by atoms with Gasteiger partial charge < -0.3 is 20.9 Å². The molecule has 0 aliphatic carbocycles. The number of carbonyl (C=O) groups is 2. The molecule has 3 N–H and O–H groups in total. The number of nitrogens with one attached hydrogen (secondary N) is 3. The molecule has 176 valence electrons. The van der Waals surface area contributed by atoms with Crippen molar-refractivity contribution in [2.75, 3.05) is 23.7 Å². The number of anilines is 2. The molecule has 0 saturated heterocycles. The van der Waals surface area contributed by atoms with E-state index in [0.717, 1.165) is 16.7 Å². The molecule has 8 heteroatoms. The van der Waals surface area contributed by atoms with Crippen molar-refractivity contribution in [2.45, 2.75) is 39.4 Å². The quantitative estimate of drug-likeness (QED) is 0.424. The lowest BCUT2D eigenvalue weighted by Crippen LogP contribution is -2.31. The summed E-state index contributed by atoms with van der Waals surface area (Å²) in [5.74, 6) is 0.776. The summed E-state index contributed by atoms with van der Waals surface area (Å²) in [7, 11) is 0. The Labute approximate surface area is 199 Å². The SMILES string of the molecule is CC(=O)NCCNc1nc(NC(c2ccccc2)c2ccccc2)c2c(n1)C(=O)N(C(C)C)C2. The molecular weight excluding hydrogens is 428 g/mol. The Kier molecular flexibility index (Phi) is 7.06. The first-order valence-corrected chi connectivity index (χ1v) is 11.5. The lowest BCUT2D eigenvalue weighted by molar-refractivity contribution is -0.118. The summed E-state index contributed by atoms with van der Waals surface area (Å²) in [4.78, 5) is 35.4. The van der Waals surface area contributed by atoms with Gasteiger partial charge in [-0.05, 0) is 25.0 Å². The monoisotopic (exact) mass is 458 g/mol. The molecule has 34 heavy (non-hydrogen) atoms. The standard InChI is InChI=1S/C26H30N6O2/c1-17(2)32-16-21-23(25(32)34)30-26(28-15-14-27-18(3)33)31-24(21)29-22(19-10-6-4-7-11-19)20-12-8-5-9-13-20/h4-13,17,22H,14-16H2,1-3H3,(H,27,33)(H2,28,29,30,31). The normalized spacial score (nSPS) is 12.7. The fourth-order valence-corrected chi connectivity index (χ4v) is 4.00. The lowest BCUT2D eigenvalue weighted by Gasteiger charge is -2.23. The first-order chi connectivity index (χ1) is 16.4. The molecule has 4 rings (SSSR count). The molecule has 2 heterocycles. The molecule has 0 saturated carbocycles. The number of amides is 2. The summed E-state index contributed by atoms with van der Waals surface area (Å²) >= 11 is 0. The highest BCUT2D eigenvalue weighted by atomic mass is 16.2. The van der Waals surface area contributed by atoms with Gasteiger partial charge in [-0.15, -0.1) is 0 Å².